The van der Waals surface area contributed by atoms with E-state index in [0.717, 1.165) is 32.6 Å². The third-order valence-corrected chi connectivity index (χ3v) is 3.69. The first-order chi connectivity index (χ1) is 7.64. The lowest BCUT2D eigenvalue weighted by Crippen LogP contribution is -2.52. The standard InChI is InChI=1S/C12H23NO3/c1-3-12(4-2,11(14)15)13-9-10-5-7-16-8-6-10/h10,13H,3-9H2,1-2H3,(H,14,15). The maximum Gasteiger partial charge on any atom is 0.323 e. The average molecular weight is 229 g/mol. The number of ether oxygens (including phenoxy) is 1. The van der Waals surface area contributed by atoms with E-state index in [-0.39, 0.29) is 0 Å². The predicted molar refractivity (Wildman–Crippen MR) is 62.5 cm³/mol. The monoisotopic (exact) mass is 229 g/mol. The van der Waals surface area contributed by atoms with Gasteiger partial charge in [-0.3, -0.25) is 4.79 Å². The lowest BCUT2D eigenvalue weighted by atomic mass is 9.91. The van der Waals surface area contributed by atoms with Gasteiger partial charge in [-0.05, 0) is 38.1 Å². The summed E-state index contributed by atoms with van der Waals surface area (Å²) in [5.74, 6) is -0.171. The number of rotatable bonds is 6. The molecule has 1 saturated heterocycles. The summed E-state index contributed by atoms with van der Waals surface area (Å²) >= 11 is 0. The van der Waals surface area contributed by atoms with E-state index in [1.54, 1.807) is 0 Å². The summed E-state index contributed by atoms with van der Waals surface area (Å²) in [5, 5.41) is 12.5. The van der Waals surface area contributed by atoms with E-state index in [9.17, 15) is 9.90 Å². The summed E-state index contributed by atoms with van der Waals surface area (Å²) in [6.45, 7) is 6.26. The second-order valence-corrected chi connectivity index (χ2v) is 4.53. The van der Waals surface area contributed by atoms with Crippen LogP contribution in [0.25, 0.3) is 0 Å². The second-order valence-electron chi connectivity index (χ2n) is 4.53. The largest absolute Gasteiger partial charge is 0.480 e. The fourth-order valence-corrected chi connectivity index (χ4v) is 2.17. The number of carboxylic acid groups (broad SMARTS) is 1. The highest BCUT2D eigenvalue weighted by atomic mass is 16.5. The van der Waals surface area contributed by atoms with Gasteiger partial charge < -0.3 is 15.2 Å². The number of carboxylic acids is 1. The van der Waals surface area contributed by atoms with Crippen molar-refractivity contribution in [3.8, 4) is 0 Å². The van der Waals surface area contributed by atoms with E-state index in [2.05, 4.69) is 5.32 Å². The molecule has 4 heteroatoms. The van der Waals surface area contributed by atoms with Crippen molar-refractivity contribution in [3.63, 3.8) is 0 Å². The van der Waals surface area contributed by atoms with E-state index in [1.165, 1.54) is 0 Å². The average Bonchev–Trinajstić information content (AvgIpc) is 2.32. The second kappa shape index (κ2) is 6.21. The highest BCUT2D eigenvalue weighted by Crippen LogP contribution is 2.19. The molecule has 0 radical (unpaired) electrons. The summed E-state index contributed by atoms with van der Waals surface area (Å²) in [5.41, 5.74) is -0.738. The van der Waals surface area contributed by atoms with Gasteiger partial charge in [0.1, 0.15) is 5.54 Å². The molecule has 0 aliphatic carbocycles. The van der Waals surface area contributed by atoms with Gasteiger partial charge in [0, 0.05) is 13.2 Å². The number of hydrogen-bond acceptors (Lipinski definition) is 3. The zero-order valence-corrected chi connectivity index (χ0v) is 10.3. The van der Waals surface area contributed by atoms with Crippen LogP contribution in [0.15, 0.2) is 0 Å². The Kier molecular flexibility index (Phi) is 5.22. The van der Waals surface area contributed by atoms with Crippen molar-refractivity contribution in [3.05, 3.63) is 0 Å². The zero-order chi connectivity index (χ0) is 12.0. The molecule has 1 fully saturated rings. The summed E-state index contributed by atoms with van der Waals surface area (Å²) in [7, 11) is 0. The van der Waals surface area contributed by atoms with Gasteiger partial charge in [0.05, 0.1) is 0 Å². The molecule has 0 bridgehead atoms. The molecule has 0 unspecified atom stereocenters. The molecule has 94 valence electrons. The highest BCUT2D eigenvalue weighted by Gasteiger charge is 2.34. The zero-order valence-electron chi connectivity index (χ0n) is 10.3. The molecule has 4 nitrogen and oxygen atoms in total. The summed E-state index contributed by atoms with van der Waals surface area (Å²) in [6, 6.07) is 0. The maximum atomic E-state index is 11.3. The summed E-state index contributed by atoms with van der Waals surface area (Å²) in [4.78, 5) is 11.3. The normalized spacial score (nSPS) is 18.6. The molecule has 16 heavy (non-hydrogen) atoms. The number of aliphatic carboxylic acids is 1. The number of nitrogens with one attached hydrogen (secondary N) is 1. The minimum Gasteiger partial charge on any atom is -0.480 e. The Bertz CT molecular complexity index is 220. The van der Waals surface area contributed by atoms with E-state index >= 15 is 0 Å². The SMILES string of the molecule is CCC(CC)(NCC1CCOCC1)C(=O)O. The van der Waals surface area contributed by atoms with Crippen LogP contribution >= 0.6 is 0 Å². The molecule has 0 saturated carbocycles. The lowest BCUT2D eigenvalue weighted by Gasteiger charge is -2.31. The Morgan fingerprint density at radius 3 is 2.38 bits per heavy atom. The van der Waals surface area contributed by atoms with Crippen LogP contribution in [0, 0.1) is 5.92 Å². The van der Waals surface area contributed by atoms with Gasteiger partial charge in [0.2, 0.25) is 0 Å². The molecule has 1 rings (SSSR count). The van der Waals surface area contributed by atoms with Gasteiger partial charge in [-0.2, -0.15) is 0 Å². The van der Waals surface area contributed by atoms with Crippen LogP contribution in [0.4, 0.5) is 0 Å². The van der Waals surface area contributed by atoms with Crippen molar-refractivity contribution < 1.29 is 14.6 Å². The topological polar surface area (TPSA) is 58.6 Å². The van der Waals surface area contributed by atoms with E-state index in [0.29, 0.717) is 18.8 Å². The van der Waals surface area contributed by atoms with Crippen LogP contribution in [-0.4, -0.2) is 36.4 Å². The van der Waals surface area contributed by atoms with E-state index < -0.39 is 11.5 Å². The summed E-state index contributed by atoms with van der Waals surface area (Å²) in [6.07, 6.45) is 3.33. The molecule has 2 N–H and O–H groups in total. The third kappa shape index (κ3) is 3.19. The lowest BCUT2D eigenvalue weighted by molar-refractivity contribution is -0.145. The van der Waals surface area contributed by atoms with E-state index in [4.69, 9.17) is 4.74 Å². The van der Waals surface area contributed by atoms with Crippen molar-refractivity contribution in [2.75, 3.05) is 19.8 Å². The van der Waals surface area contributed by atoms with Crippen molar-refractivity contribution in [1.82, 2.24) is 5.32 Å². The van der Waals surface area contributed by atoms with Crippen LogP contribution in [0.3, 0.4) is 0 Å². The smallest absolute Gasteiger partial charge is 0.323 e. The highest BCUT2D eigenvalue weighted by molar-refractivity contribution is 5.78. The van der Waals surface area contributed by atoms with Gasteiger partial charge in [-0.25, -0.2) is 0 Å². The Morgan fingerprint density at radius 1 is 1.38 bits per heavy atom. The maximum absolute atomic E-state index is 11.3. The predicted octanol–water partition coefficient (Wildman–Crippen LogP) is 1.65. The van der Waals surface area contributed by atoms with Crippen molar-refractivity contribution >= 4 is 5.97 Å². The van der Waals surface area contributed by atoms with E-state index in [1.807, 2.05) is 13.8 Å². The molecule has 1 heterocycles. The van der Waals surface area contributed by atoms with Crippen LogP contribution < -0.4 is 5.32 Å². The Morgan fingerprint density at radius 2 is 1.94 bits per heavy atom. The fourth-order valence-electron chi connectivity index (χ4n) is 2.17. The van der Waals surface area contributed by atoms with Gasteiger partial charge in [-0.15, -0.1) is 0 Å². The molecule has 1 aliphatic heterocycles. The molecular weight excluding hydrogens is 206 g/mol. The Balaban J connectivity index is 2.45. The first-order valence-electron chi connectivity index (χ1n) is 6.20. The minimum absolute atomic E-state index is 0.561. The van der Waals surface area contributed by atoms with Crippen LogP contribution in [-0.2, 0) is 9.53 Å². The van der Waals surface area contributed by atoms with Gasteiger partial charge in [0.15, 0.2) is 0 Å². The molecule has 0 amide bonds. The van der Waals surface area contributed by atoms with Gasteiger partial charge in [0.25, 0.3) is 0 Å². The molecule has 0 spiro atoms. The van der Waals surface area contributed by atoms with Crippen molar-refractivity contribution in [2.24, 2.45) is 5.92 Å². The Labute approximate surface area is 97.4 Å². The van der Waals surface area contributed by atoms with Crippen LogP contribution in [0.5, 0.6) is 0 Å². The first kappa shape index (κ1) is 13.5. The van der Waals surface area contributed by atoms with Crippen LogP contribution in [0.2, 0.25) is 0 Å². The van der Waals surface area contributed by atoms with Crippen LogP contribution in [0.1, 0.15) is 39.5 Å². The van der Waals surface area contributed by atoms with Gasteiger partial charge >= 0.3 is 5.97 Å². The first-order valence-corrected chi connectivity index (χ1v) is 6.20. The summed E-state index contributed by atoms with van der Waals surface area (Å²) < 4.78 is 5.29. The van der Waals surface area contributed by atoms with Crippen molar-refractivity contribution in [2.45, 2.75) is 45.1 Å². The molecule has 0 aromatic heterocycles. The minimum atomic E-state index is -0.738. The number of carbonyl (C=O) groups is 1. The molecule has 0 aromatic rings. The third-order valence-electron chi connectivity index (χ3n) is 3.69. The van der Waals surface area contributed by atoms with Gasteiger partial charge in [-0.1, -0.05) is 13.8 Å². The molecule has 0 atom stereocenters. The Hall–Kier alpha value is -0.610. The quantitative estimate of drug-likeness (QED) is 0.727. The molecule has 0 aromatic carbocycles. The number of hydrogen-bond donors (Lipinski definition) is 2. The molecular formula is C12H23NO3. The molecule has 1 aliphatic rings. The van der Waals surface area contributed by atoms with Crippen molar-refractivity contribution in [1.29, 1.82) is 0 Å². The fraction of sp³-hybridized carbons (Fsp3) is 0.917.